The molecule has 0 atom stereocenters. The Morgan fingerprint density at radius 1 is 1.03 bits per heavy atom. The molecule has 8 nitrogen and oxygen atoms in total. The highest BCUT2D eigenvalue weighted by Crippen LogP contribution is 2.34. The fourth-order valence-corrected chi connectivity index (χ4v) is 4.07. The highest BCUT2D eigenvalue weighted by Gasteiger charge is 2.20. The van der Waals surface area contributed by atoms with Crippen molar-refractivity contribution in [2.75, 3.05) is 22.3 Å². The van der Waals surface area contributed by atoms with Gasteiger partial charge in [0, 0.05) is 29.9 Å². The number of nitrogens with zero attached hydrogens (tertiary/aromatic N) is 2. The van der Waals surface area contributed by atoms with Crippen molar-refractivity contribution in [3.8, 4) is 11.5 Å². The quantitative estimate of drug-likeness (QED) is 0.236. The Labute approximate surface area is 224 Å². The second-order valence-electron chi connectivity index (χ2n) is 7.57. The lowest BCUT2D eigenvalue weighted by Gasteiger charge is -2.06. The van der Waals surface area contributed by atoms with Crippen LogP contribution in [0, 0.1) is 18.6 Å². The lowest BCUT2D eigenvalue weighted by Crippen LogP contribution is -2.15. The number of rotatable bonds is 5. The first kappa shape index (κ1) is 28.2. The van der Waals surface area contributed by atoms with E-state index in [9.17, 15) is 23.5 Å². The standard InChI is InChI=1S/C16H13ClFN3O2S.C8H7ClFNO2/c1-8-10-5-15(21-12(10)6-19-16(8)17)24-7-14(23)20-9-2-3-11(18)13(22)4-9;9-4-8(13)11-5-1-2-6(10)7(12)3-5/h2-4,6,22H,5,7H2,1H3,(H,20,23);1-3,12H,4H2,(H,11,13). The third kappa shape index (κ3) is 7.78. The second-order valence-corrected chi connectivity index (χ2v) is 9.25. The van der Waals surface area contributed by atoms with Gasteiger partial charge in [0.2, 0.25) is 11.8 Å². The van der Waals surface area contributed by atoms with Crippen LogP contribution >= 0.6 is 35.0 Å². The number of phenolic OH excluding ortho intramolecular Hbond substituents is 2. The Bertz CT molecular complexity index is 1370. The molecule has 194 valence electrons. The maximum Gasteiger partial charge on any atom is 0.239 e. The van der Waals surface area contributed by atoms with Crippen molar-refractivity contribution in [1.29, 1.82) is 0 Å². The van der Waals surface area contributed by atoms with Crippen molar-refractivity contribution in [3.63, 3.8) is 0 Å². The van der Waals surface area contributed by atoms with E-state index in [1.54, 1.807) is 6.20 Å². The molecule has 1 aliphatic heterocycles. The van der Waals surface area contributed by atoms with Gasteiger partial charge in [-0.3, -0.25) is 9.59 Å². The van der Waals surface area contributed by atoms with Crippen LogP contribution in [0.25, 0.3) is 0 Å². The molecule has 4 rings (SSSR count). The van der Waals surface area contributed by atoms with Crippen LogP contribution in [0.5, 0.6) is 11.5 Å². The molecule has 0 saturated heterocycles. The summed E-state index contributed by atoms with van der Waals surface area (Å²) in [7, 11) is 0. The van der Waals surface area contributed by atoms with Crippen molar-refractivity contribution in [3.05, 3.63) is 70.5 Å². The summed E-state index contributed by atoms with van der Waals surface area (Å²) in [6.07, 6.45) is 2.25. The number of pyridine rings is 1. The Morgan fingerprint density at radius 3 is 2.14 bits per heavy atom. The molecule has 4 N–H and O–H groups in total. The van der Waals surface area contributed by atoms with Crippen LogP contribution in [0.4, 0.5) is 25.8 Å². The molecule has 37 heavy (non-hydrogen) atoms. The molecule has 0 radical (unpaired) electrons. The summed E-state index contributed by atoms with van der Waals surface area (Å²) in [6, 6.07) is 7.14. The highest BCUT2D eigenvalue weighted by molar-refractivity contribution is 8.14. The molecule has 0 spiro atoms. The number of carbonyl (C=O) groups excluding carboxylic acids is 2. The Balaban J connectivity index is 0.000000248. The van der Waals surface area contributed by atoms with Gasteiger partial charge in [-0.2, -0.15) is 0 Å². The average Bonchev–Trinajstić information content (AvgIpc) is 3.29. The maximum atomic E-state index is 13.0. The zero-order valence-electron chi connectivity index (χ0n) is 19.2. The van der Waals surface area contributed by atoms with E-state index in [1.807, 2.05) is 6.92 Å². The third-order valence-corrected chi connectivity index (χ3v) is 6.49. The lowest BCUT2D eigenvalue weighted by atomic mass is 10.1. The van der Waals surface area contributed by atoms with Crippen molar-refractivity contribution in [1.82, 2.24) is 4.98 Å². The number of aromatic hydroxyl groups is 2. The van der Waals surface area contributed by atoms with Gasteiger partial charge in [-0.1, -0.05) is 11.6 Å². The van der Waals surface area contributed by atoms with Crippen LogP contribution in [0.3, 0.4) is 0 Å². The molecule has 2 aromatic carbocycles. The molecule has 3 aromatic rings. The van der Waals surface area contributed by atoms with E-state index in [1.165, 1.54) is 23.9 Å². The van der Waals surface area contributed by atoms with Gasteiger partial charge in [-0.25, -0.2) is 18.8 Å². The molecule has 1 aliphatic rings. The largest absolute Gasteiger partial charge is 0.505 e. The number of phenols is 2. The first-order chi connectivity index (χ1) is 17.6. The number of carbonyl (C=O) groups is 2. The molecular weight excluding hydrogens is 549 g/mol. The first-order valence-electron chi connectivity index (χ1n) is 10.5. The first-order valence-corrected chi connectivity index (χ1v) is 12.4. The maximum absolute atomic E-state index is 13.0. The van der Waals surface area contributed by atoms with Gasteiger partial charge >= 0.3 is 0 Å². The molecule has 2 amide bonds. The third-order valence-electron chi connectivity index (χ3n) is 4.90. The smallest absolute Gasteiger partial charge is 0.239 e. The Hall–Kier alpha value is -3.41. The van der Waals surface area contributed by atoms with Gasteiger partial charge in [0.25, 0.3) is 0 Å². The van der Waals surface area contributed by atoms with Gasteiger partial charge in [0.05, 0.1) is 22.7 Å². The fourth-order valence-electron chi connectivity index (χ4n) is 3.06. The molecule has 0 saturated carbocycles. The van der Waals surface area contributed by atoms with E-state index in [4.69, 9.17) is 28.3 Å². The van der Waals surface area contributed by atoms with Gasteiger partial charge < -0.3 is 20.8 Å². The summed E-state index contributed by atoms with van der Waals surface area (Å²) in [5, 5.41) is 24.5. The van der Waals surface area contributed by atoms with Gasteiger partial charge in [0.15, 0.2) is 23.1 Å². The second kappa shape index (κ2) is 12.7. The number of halogens is 4. The van der Waals surface area contributed by atoms with E-state index in [0.717, 1.165) is 46.1 Å². The predicted molar refractivity (Wildman–Crippen MR) is 141 cm³/mol. The van der Waals surface area contributed by atoms with Crippen molar-refractivity contribution < 1.29 is 28.6 Å². The van der Waals surface area contributed by atoms with Crippen molar-refractivity contribution >= 4 is 68.9 Å². The van der Waals surface area contributed by atoms with Gasteiger partial charge in [0.1, 0.15) is 11.0 Å². The fraction of sp³-hybridized carbons (Fsp3) is 0.167. The van der Waals surface area contributed by atoms with E-state index in [2.05, 4.69) is 20.6 Å². The molecule has 0 aliphatic carbocycles. The van der Waals surface area contributed by atoms with E-state index >= 15 is 0 Å². The van der Waals surface area contributed by atoms with E-state index in [0.29, 0.717) is 22.9 Å². The van der Waals surface area contributed by atoms with Crippen LogP contribution in [0.2, 0.25) is 5.15 Å². The minimum absolute atomic E-state index is 0.158. The summed E-state index contributed by atoms with van der Waals surface area (Å²) in [6.45, 7) is 1.89. The van der Waals surface area contributed by atoms with Crippen molar-refractivity contribution in [2.45, 2.75) is 13.3 Å². The Kier molecular flexibility index (Phi) is 9.67. The minimum Gasteiger partial charge on any atom is -0.505 e. The lowest BCUT2D eigenvalue weighted by molar-refractivity contribution is -0.114. The summed E-state index contributed by atoms with van der Waals surface area (Å²) in [5.74, 6) is -3.18. The summed E-state index contributed by atoms with van der Waals surface area (Å²) < 4.78 is 25.5. The number of aliphatic imine (C=N–C) groups is 1. The molecule has 0 unspecified atom stereocenters. The summed E-state index contributed by atoms with van der Waals surface area (Å²) in [5.41, 5.74) is 3.36. The molecule has 0 bridgehead atoms. The van der Waals surface area contributed by atoms with Crippen LogP contribution < -0.4 is 10.6 Å². The number of hydrogen-bond donors (Lipinski definition) is 4. The Morgan fingerprint density at radius 2 is 1.59 bits per heavy atom. The molecule has 13 heteroatoms. The van der Waals surface area contributed by atoms with Crippen LogP contribution in [-0.2, 0) is 16.0 Å². The number of amides is 2. The van der Waals surface area contributed by atoms with Gasteiger partial charge in [-0.05, 0) is 42.3 Å². The SMILES string of the molecule is Cc1c(Cl)ncc2c1CC(SCC(=O)Nc1ccc(F)c(O)c1)=N2.O=C(CCl)Nc1ccc(F)c(O)c1. The number of thioether (sulfide) groups is 1. The predicted octanol–water partition coefficient (Wildman–Crippen LogP) is 5.55. The molecule has 2 heterocycles. The number of benzene rings is 2. The zero-order valence-corrected chi connectivity index (χ0v) is 21.5. The molecule has 1 aromatic heterocycles. The normalized spacial score (nSPS) is 11.6. The van der Waals surface area contributed by atoms with Crippen LogP contribution in [0.15, 0.2) is 47.6 Å². The van der Waals surface area contributed by atoms with E-state index in [-0.39, 0.29) is 17.5 Å². The van der Waals surface area contributed by atoms with Crippen molar-refractivity contribution in [2.24, 2.45) is 4.99 Å². The summed E-state index contributed by atoms with van der Waals surface area (Å²) in [4.78, 5) is 31.2. The summed E-state index contributed by atoms with van der Waals surface area (Å²) >= 11 is 12.5. The van der Waals surface area contributed by atoms with Crippen LogP contribution in [0.1, 0.15) is 11.1 Å². The van der Waals surface area contributed by atoms with Crippen LogP contribution in [-0.4, -0.2) is 43.7 Å². The number of alkyl halides is 1. The zero-order chi connectivity index (χ0) is 27.1. The molecule has 0 fully saturated rings. The number of hydrogen-bond acceptors (Lipinski definition) is 7. The average molecular weight is 569 g/mol. The number of fused-ring (bicyclic) bond motifs is 1. The molecular formula is C24H20Cl2F2N4O4S. The topological polar surface area (TPSA) is 124 Å². The number of aromatic nitrogens is 1. The minimum atomic E-state index is -0.733. The van der Waals surface area contributed by atoms with E-state index < -0.39 is 29.0 Å². The number of nitrogens with one attached hydrogen (secondary N) is 2. The highest BCUT2D eigenvalue weighted by atomic mass is 35.5. The monoisotopic (exact) mass is 568 g/mol. The number of anilines is 2. The van der Waals surface area contributed by atoms with Gasteiger partial charge in [-0.15, -0.1) is 23.4 Å².